The van der Waals surface area contributed by atoms with Gasteiger partial charge in [0.2, 0.25) is 11.8 Å². The second-order valence-corrected chi connectivity index (χ2v) is 7.83. The summed E-state index contributed by atoms with van der Waals surface area (Å²) in [6.07, 6.45) is 5.64. The van der Waals surface area contributed by atoms with Crippen LogP contribution in [-0.4, -0.2) is 44.9 Å². The summed E-state index contributed by atoms with van der Waals surface area (Å²) in [5.41, 5.74) is 2.53. The Labute approximate surface area is 180 Å². The van der Waals surface area contributed by atoms with Gasteiger partial charge in [0.15, 0.2) is 0 Å². The lowest BCUT2D eigenvalue weighted by molar-refractivity contribution is 0.0643. The summed E-state index contributed by atoms with van der Waals surface area (Å²) in [6.45, 7) is 2.24. The molecule has 2 aliphatic rings. The predicted molar refractivity (Wildman–Crippen MR) is 112 cm³/mol. The number of fused-ring (bicyclic) bond motifs is 1. The maximum absolute atomic E-state index is 13.1. The third kappa shape index (κ3) is 4.25. The number of aromatic nitrogens is 3. The van der Waals surface area contributed by atoms with Crippen LogP contribution in [0.5, 0.6) is 17.5 Å². The van der Waals surface area contributed by atoms with Crippen LogP contribution in [0.2, 0.25) is 0 Å². The number of carbonyl (C=O) groups is 1. The minimum Gasteiger partial charge on any atom is -0.474 e. The molecule has 1 fully saturated rings. The number of hydrogen-bond donors (Lipinski definition) is 0. The number of aryl methyl sites for hydroxylation is 1. The van der Waals surface area contributed by atoms with Gasteiger partial charge < -0.3 is 19.1 Å². The van der Waals surface area contributed by atoms with E-state index in [1.54, 1.807) is 21.8 Å². The highest BCUT2D eigenvalue weighted by Gasteiger charge is 2.32. The third-order valence-corrected chi connectivity index (χ3v) is 5.50. The van der Waals surface area contributed by atoms with Gasteiger partial charge in [-0.1, -0.05) is 12.1 Å². The molecule has 1 unspecified atom stereocenters. The fourth-order valence-electron chi connectivity index (χ4n) is 3.91. The van der Waals surface area contributed by atoms with Gasteiger partial charge in [-0.3, -0.25) is 9.48 Å². The highest BCUT2D eigenvalue weighted by molar-refractivity contribution is 6.00. The molecule has 0 saturated carbocycles. The Morgan fingerprint density at radius 1 is 1.19 bits per heavy atom. The van der Waals surface area contributed by atoms with Gasteiger partial charge >= 0.3 is 0 Å². The van der Waals surface area contributed by atoms with Crippen LogP contribution in [0.1, 0.15) is 34.3 Å². The molecule has 3 aromatic rings. The maximum atomic E-state index is 13.1. The van der Waals surface area contributed by atoms with Gasteiger partial charge in [0, 0.05) is 45.2 Å². The van der Waals surface area contributed by atoms with Crippen LogP contribution in [0.4, 0.5) is 0 Å². The molecule has 0 radical (unpaired) electrons. The fraction of sp³-hybridized carbons (Fsp3) is 0.348. The molecule has 2 aliphatic heterocycles. The molecule has 1 atom stereocenters. The molecule has 0 N–H and O–H groups in total. The van der Waals surface area contributed by atoms with E-state index in [4.69, 9.17) is 14.2 Å². The van der Waals surface area contributed by atoms with E-state index < -0.39 is 0 Å². The maximum Gasteiger partial charge on any atom is 0.260 e. The summed E-state index contributed by atoms with van der Waals surface area (Å²) in [5.74, 6) is 1.59. The molecule has 0 spiro atoms. The number of rotatable bonds is 7. The molecule has 4 heterocycles. The van der Waals surface area contributed by atoms with E-state index in [1.165, 1.54) is 0 Å². The van der Waals surface area contributed by atoms with Crippen LogP contribution in [-0.2, 0) is 24.9 Å². The Balaban J connectivity index is 1.24. The van der Waals surface area contributed by atoms with Gasteiger partial charge in [-0.2, -0.15) is 0 Å². The van der Waals surface area contributed by atoms with E-state index in [2.05, 4.69) is 10.1 Å². The number of hydrogen-bond acceptors (Lipinski definition) is 6. The van der Waals surface area contributed by atoms with E-state index in [1.807, 2.05) is 43.6 Å². The molecule has 0 aliphatic carbocycles. The Kier molecular flexibility index (Phi) is 5.30. The van der Waals surface area contributed by atoms with Gasteiger partial charge in [0.1, 0.15) is 17.9 Å². The lowest BCUT2D eigenvalue weighted by Crippen LogP contribution is -2.24. The van der Waals surface area contributed by atoms with Crippen molar-refractivity contribution >= 4 is 5.91 Å². The monoisotopic (exact) mass is 420 g/mol. The minimum absolute atomic E-state index is 0.0562. The van der Waals surface area contributed by atoms with Crippen LogP contribution in [0.25, 0.3) is 0 Å². The van der Waals surface area contributed by atoms with Crippen LogP contribution >= 0.6 is 0 Å². The zero-order chi connectivity index (χ0) is 21.2. The van der Waals surface area contributed by atoms with E-state index in [0.29, 0.717) is 42.8 Å². The number of carbonyl (C=O) groups excluding carboxylic acids is 1. The molecule has 1 aromatic carbocycles. The summed E-state index contributed by atoms with van der Waals surface area (Å²) in [4.78, 5) is 19.2. The van der Waals surface area contributed by atoms with Crippen molar-refractivity contribution in [1.82, 2.24) is 19.7 Å². The van der Waals surface area contributed by atoms with E-state index >= 15 is 0 Å². The first-order valence-electron chi connectivity index (χ1n) is 10.4. The SMILES string of the molecule is Cn1ccc(Oc2ccc(CN3Cc4ccnc(OCC5CCCO5)c4C3=O)cc2)n1. The second-order valence-electron chi connectivity index (χ2n) is 7.83. The molecule has 1 saturated heterocycles. The number of ether oxygens (including phenoxy) is 3. The van der Waals surface area contributed by atoms with Gasteiger partial charge in [-0.15, -0.1) is 5.10 Å². The Morgan fingerprint density at radius 3 is 2.81 bits per heavy atom. The molecule has 1 amide bonds. The van der Waals surface area contributed by atoms with E-state index in [0.717, 1.165) is 30.6 Å². The van der Waals surface area contributed by atoms with Crippen molar-refractivity contribution in [3.8, 4) is 17.5 Å². The van der Waals surface area contributed by atoms with Crippen molar-refractivity contribution < 1.29 is 19.0 Å². The average molecular weight is 420 g/mol. The molecular formula is C23H24N4O4. The topological polar surface area (TPSA) is 78.7 Å². The number of nitrogens with zero attached hydrogens (tertiary/aromatic N) is 4. The minimum atomic E-state index is -0.0562. The first-order valence-corrected chi connectivity index (χ1v) is 10.4. The third-order valence-electron chi connectivity index (χ3n) is 5.50. The zero-order valence-electron chi connectivity index (χ0n) is 17.4. The summed E-state index contributed by atoms with van der Waals surface area (Å²) >= 11 is 0. The van der Waals surface area contributed by atoms with Crippen LogP contribution < -0.4 is 9.47 Å². The highest BCUT2D eigenvalue weighted by Crippen LogP contribution is 2.31. The van der Waals surface area contributed by atoms with Crippen molar-refractivity contribution in [2.75, 3.05) is 13.2 Å². The first-order chi connectivity index (χ1) is 15.2. The zero-order valence-corrected chi connectivity index (χ0v) is 17.4. The highest BCUT2D eigenvalue weighted by atomic mass is 16.5. The van der Waals surface area contributed by atoms with E-state index in [-0.39, 0.29) is 12.0 Å². The van der Waals surface area contributed by atoms with Crippen LogP contribution in [0.3, 0.4) is 0 Å². The normalized spacial score (nSPS) is 17.8. The summed E-state index contributed by atoms with van der Waals surface area (Å²) < 4.78 is 18.9. The quantitative estimate of drug-likeness (QED) is 0.584. The smallest absolute Gasteiger partial charge is 0.260 e. The van der Waals surface area contributed by atoms with Crippen molar-refractivity contribution in [1.29, 1.82) is 0 Å². The summed E-state index contributed by atoms with van der Waals surface area (Å²) in [6, 6.07) is 11.4. The number of pyridine rings is 1. The molecule has 8 heteroatoms. The van der Waals surface area contributed by atoms with Crippen molar-refractivity contribution in [3.05, 3.63) is 65.5 Å². The molecule has 8 nitrogen and oxygen atoms in total. The number of amides is 1. The molecule has 2 aromatic heterocycles. The van der Waals surface area contributed by atoms with E-state index in [9.17, 15) is 4.79 Å². The molecular weight excluding hydrogens is 396 g/mol. The predicted octanol–water partition coefficient (Wildman–Crippen LogP) is 3.32. The second kappa shape index (κ2) is 8.39. The summed E-state index contributed by atoms with van der Waals surface area (Å²) in [7, 11) is 1.84. The van der Waals surface area contributed by atoms with Crippen molar-refractivity contribution in [3.63, 3.8) is 0 Å². The molecule has 0 bridgehead atoms. The van der Waals surface area contributed by atoms with Gasteiger partial charge in [0.25, 0.3) is 5.91 Å². The molecule has 5 rings (SSSR count). The van der Waals surface area contributed by atoms with Gasteiger partial charge in [-0.05, 0) is 42.2 Å². The fourth-order valence-corrected chi connectivity index (χ4v) is 3.91. The van der Waals surface area contributed by atoms with Crippen LogP contribution in [0.15, 0.2) is 48.8 Å². The standard InChI is InChI=1S/C23H24N4O4/c1-26-11-9-20(25-26)31-18-6-4-16(5-7-18)13-27-14-17-8-10-24-22(21(17)23(27)28)30-15-19-3-2-12-29-19/h4-11,19H,2-3,12-15H2,1H3. The lowest BCUT2D eigenvalue weighted by atomic mass is 10.2. The Bertz CT molecular complexity index is 1070. The van der Waals surface area contributed by atoms with Crippen molar-refractivity contribution in [2.24, 2.45) is 7.05 Å². The first kappa shape index (κ1) is 19.6. The largest absolute Gasteiger partial charge is 0.474 e. The summed E-state index contributed by atoms with van der Waals surface area (Å²) in [5, 5.41) is 4.21. The van der Waals surface area contributed by atoms with Gasteiger partial charge in [-0.25, -0.2) is 4.98 Å². The molecule has 160 valence electrons. The average Bonchev–Trinajstić information content (AvgIpc) is 3.50. The Hall–Kier alpha value is -3.39. The van der Waals surface area contributed by atoms with Crippen LogP contribution in [0, 0.1) is 0 Å². The number of benzene rings is 1. The molecule has 31 heavy (non-hydrogen) atoms. The van der Waals surface area contributed by atoms with Crippen molar-refractivity contribution in [2.45, 2.75) is 32.0 Å². The lowest BCUT2D eigenvalue weighted by Gasteiger charge is -2.16. The van der Waals surface area contributed by atoms with Gasteiger partial charge in [0.05, 0.1) is 6.10 Å². The Morgan fingerprint density at radius 2 is 2.06 bits per heavy atom.